The first-order chi connectivity index (χ1) is 13.8. The highest BCUT2D eigenvalue weighted by Crippen LogP contribution is 2.15. The van der Waals surface area contributed by atoms with Crippen LogP contribution in [0.3, 0.4) is 0 Å². The zero-order valence-electron chi connectivity index (χ0n) is 14.9. The zero-order chi connectivity index (χ0) is 19.2. The summed E-state index contributed by atoms with van der Waals surface area (Å²) in [6.07, 6.45) is 1.51. The lowest BCUT2D eigenvalue weighted by molar-refractivity contribution is 0.102. The fraction of sp³-hybridized carbons (Fsp3) is 0.0476. The predicted molar refractivity (Wildman–Crippen MR) is 104 cm³/mol. The van der Waals surface area contributed by atoms with E-state index in [1.165, 1.54) is 6.33 Å². The molecule has 0 radical (unpaired) electrons. The van der Waals surface area contributed by atoms with Crippen LogP contribution in [0.25, 0.3) is 5.69 Å². The number of anilines is 1. The van der Waals surface area contributed by atoms with Crippen LogP contribution in [-0.2, 0) is 6.61 Å². The molecule has 0 fully saturated rings. The first-order valence-electron chi connectivity index (χ1n) is 8.69. The van der Waals surface area contributed by atoms with Crippen molar-refractivity contribution in [3.63, 3.8) is 0 Å². The van der Waals surface area contributed by atoms with Gasteiger partial charge in [0.1, 0.15) is 18.7 Å². The van der Waals surface area contributed by atoms with Gasteiger partial charge in [0, 0.05) is 11.3 Å². The van der Waals surface area contributed by atoms with Crippen molar-refractivity contribution >= 4 is 11.6 Å². The topological polar surface area (TPSA) is 81.9 Å². The van der Waals surface area contributed by atoms with Crippen molar-refractivity contribution in [2.24, 2.45) is 0 Å². The van der Waals surface area contributed by atoms with E-state index in [0.717, 1.165) is 17.0 Å². The Hall–Kier alpha value is -4.00. The molecule has 138 valence electrons. The molecular formula is C21H17N5O2. The molecule has 4 aromatic rings. The number of hydrogen-bond donors (Lipinski definition) is 1. The molecule has 1 N–H and O–H groups in total. The Morgan fingerprint density at radius 2 is 1.68 bits per heavy atom. The average molecular weight is 371 g/mol. The van der Waals surface area contributed by atoms with E-state index in [2.05, 4.69) is 20.8 Å². The van der Waals surface area contributed by atoms with Crippen LogP contribution in [0.1, 0.15) is 15.9 Å². The van der Waals surface area contributed by atoms with E-state index >= 15 is 0 Å². The van der Waals surface area contributed by atoms with Crippen LogP contribution in [0.4, 0.5) is 5.69 Å². The third-order valence-corrected chi connectivity index (χ3v) is 4.10. The van der Waals surface area contributed by atoms with E-state index in [4.69, 9.17) is 4.74 Å². The number of aromatic nitrogens is 4. The van der Waals surface area contributed by atoms with Crippen LogP contribution in [0.2, 0.25) is 0 Å². The van der Waals surface area contributed by atoms with Crippen molar-refractivity contribution in [1.82, 2.24) is 20.2 Å². The minimum atomic E-state index is -0.175. The lowest BCUT2D eigenvalue weighted by Gasteiger charge is -2.08. The lowest BCUT2D eigenvalue weighted by atomic mass is 10.1. The van der Waals surface area contributed by atoms with Crippen LogP contribution in [0.5, 0.6) is 5.75 Å². The molecular weight excluding hydrogens is 354 g/mol. The van der Waals surface area contributed by atoms with Gasteiger partial charge in [-0.3, -0.25) is 4.79 Å². The molecule has 0 spiro atoms. The highest BCUT2D eigenvalue weighted by molar-refractivity contribution is 6.04. The molecule has 7 heteroatoms. The summed E-state index contributed by atoms with van der Waals surface area (Å²) in [5, 5.41) is 13.9. The summed E-state index contributed by atoms with van der Waals surface area (Å²) in [7, 11) is 0. The van der Waals surface area contributed by atoms with Gasteiger partial charge in [0.05, 0.1) is 5.69 Å². The van der Waals surface area contributed by atoms with Gasteiger partial charge in [-0.1, -0.05) is 30.3 Å². The number of nitrogens with zero attached hydrogens (tertiary/aromatic N) is 4. The largest absolute Gasteiger partial charge is 0.489 e. The maximum Gasteiger partial charge on any atom is 0.255 e. The van der Waals surface area contributed by atoms with Gasteiger partial charge in [0.25, 0.3) is 5.91 Å². The molecule has 0 saturated heterocycles. The number of para-hydroxylation sites is 1. The van der Waals surface area contributed by atoms with Crippen molar-refractivity contribution in [2.45, 2.75) is 6.61 Å². The normalized spacial score (nSPS) is 10.4. The van der Waals surface area contributed by atoms with E-state index in [1.807, 2.05) is 54.6 Å². The summed E-state index contributed by atoms with van der Waals surface area (Å²) in [5.41, 5.74) is 3.07. The molecule has 0 bridgehead atoms. The number of rotatable bonds is 6. The molecule has 0 aliphatic rings. The lowest BCUT2D eigenvalue weighted by Crippen LogP contribution is -2.12. The first kappa shape index (κ1) is 17.4. The fourth-order valence-electron chi connectivity index (χ4n) is 2.62. The predicted octanol–water partition coefficient (Wildman–Crippen LogP) is 3.49. The van der Waals surface area contributed by atoms with E-state index in [1.54, 1.807) is 28.9 Å². The van der Waals surface area contributed by atoms with Crippen LogP contribution < -0.4 is 10.1 Å². The average Bonchev–Trinajstić information content (AvgIpc) is 3.29. The van der Waals surface area contributed by atoms with Crippen LogP contribution in [0, 0.1) is 0 Å². The van der Waals surface area contributed by atoms with Gasteiger partial charge in [-0.2, -0.15) is 0 Å². The zero-order valence-corrected chi connectivity index (χ0v) is 14.9. The number of carbonyl (C=O) groups excluding carboxylic acids is 1. The van der Waals surface area contributed by atoms with Crippen molar-refractivity contribution in [2.75, 3.05) is 5.32 Å². The summed E-state index contributed by atoms with van der Waals surface area (Å²) < 4.78 is 7.26. The molecule has 0 aliphatic carbocycles. The second-order valence-electron chi connectivity index (χ2n) is 6.05. The van der Waals surface area contributed by atoms with Crippen LogP contribution in [-0.4, -0.2) is 26.1 Å². The number of ether oxygens (including phenoxy) is 1. The minimum Gasteiger partial charge on any atom is -0.489 e. The first-order valence-corrected chi connectivity index (χ1v) is 8.69. The van der Waals surface area contributed by atoms with Gasteiger partial charge in [0.15, 0.2) is 0 Å². The molecule has 28 heavy (non-hydrogen) atoms. The Labute approximate surface area is 161 Å². The summed E-state index contributed by atoms with van der Waals surface area (Å²) in [6, 6.07) is 24.2. The van der Waals surface area contributed by atoms with E-state index in [9.17, 15) is 4.79 Å². The summed E-state index contributed by atoms with van der Waals surface area (Å²) in [6.45, 7) is 0.449. The fourth-order valence-corrected chi connectivity index (χ4v) is 2.62. The second kappa shape index (κ2) is 8.13. The molecule has 1 heterocycles. The molecule has 0 unspecified atom stereocenters. The summed E-state index contributed by atoms with van der Waals surface area (Å²) in [4.78, 5) is 12.4. The summed E-state index contributed by atoms with van der Waals surface area (Å²) in [5.74, 6) is 0.639. The number of tetrazole rings is 1. The second-order valence-corrected chi connectivity index (χ2v) is 6.05. The number of amides is 1. The van der Waals surface area contributed by atoms with E-state index in [0.29, 0.717) is 17.9 Å². The Morgan fingerprint density at radius 1 is 0.929 bits per heavy atom. The Kier molecular flexibility index (Phi) is 5.06. The smallest absolute Gasteiger partial charge is 0.255 e. The Morgan fingerprint density at radius 3 is 2.36 bits per heavy atom. The van der Waals surface area contributed by atoms with E-state index < -0.39 is 0 Å². The van der Waals surface area contributed by atoms with Gasteiger partial charge in [-0.25, -0.2) is 4.68 Å². The third-order valence-electron chi connectivity index (χ3n) is 4.10. The van der Waals surface area contributed by atoms with Crippen LogP contribution >= 0.6 is 0 Å². The molecule has 0 atom stereocenters. The monoisotopic (exact) mass is 371 g/mol. The SMILES string of the molecule is O=C(Nc1ccc(-n2cnnn2)cc1)c1ccc(COc2ccccc2)cc1. The Bertz CT molecular complexity index is 1030. The molecule has 4 rings (SSSR count). The molecule has 0 saturated carbocycles. The van der Waals surface area contributed by atoms with Crippen molar-refractivity contribution in [1.29, 1.82) is 0 Å². The molecule has 1 amide bonds. The highest BCUT2D eigenvalue weighted by Gasteiger charge is 2.07. The molecule has 7 nitrogen and oxygen atoms in total. The van der Waals surface area contributed by atoms with Gasteiger partial charge in [-0.15, -0.1) is 5.10 Å². The maximum absolute atomic E-state index is 12.4. The van der Waals surface area contributed by atoms with Gasteiger partial charge in [0.2, 0.25) is 0 Å². The quantitative estimate of drug-likeness (QED) is 0.561. The number of hydrogen-bond acceptors (Lipinski definition) is 5. The Balaban J connectivity index is 1.35. The standard InChI is InChI=1S/C21H17N5O2/c27-21(23-18-10-12-19(13-11-18)26-15-22-24-25-26)17-8-6-16(7-9-17)14-28-20-4-2-1-3-5-20/h1-13,15H,14H2,(H,23,27). The summed E-state index contributed by atoms with van der Waals surface area (Å²) >= 11 is 0. The highest BCUT2D eigenvalue weighted by atomic mass is 16.5. The third kappa shape index (κ3) is 4.21. The maximum atomic E-state index is 12.4. The van der Waals surface area contributed by atoms with Gasteiger partial charge >= 0.3 is 0 Å². The van der Waals surface area contributed by atoms with Gasteiger partial charge in [-0.05, 0) is 64.5 Å². The van der Waals surface area contributed by atoms with E-state index in [-0.39, 0.29) is 5.91 Å². The number of benzene rings is 3. The van der Waals surface area contributed by atoms with Crippen molar-refractivity contribution < 1.29 is 9.53 Å². The number of nitrogens with one attached hydrogen (secondary N) is 1. The number of carbonyl (C=O) groups is 1. The van der Waals surface area contributed by atoms with Crippen LogP contribution in [0.15, 0.2) is 85.2 Å². The molecule has 3 aromatic carbocycles. The van der Waals surface area contributed by atoms with Crippen molar-refractivity contribution in [3.8, 4) is 11.4 Å². The minimum absolute atomic E-state index is 0.175. The molecule has 0 aliphatic heterocycles. The van der Waals surface area contributed by atoms with Crippen molar-refractivity contribution in [3.05, 3.63) is 96.3 Å². The molecule has 1 aromatic heterocycles. The van der Waals surface area contributed by atoms with Gasteiger partial charge < -0.3 is 10.1 Å².